The number of hydrogen-bond acceptors (Lipinski definition) is 2. The fraction of sp³-hybridized carbons (Fsp3) is 0.273. The van der Waals surface area contributed by atoms with Crippen LogP contribution in [0.4, 0.5) is 4.39 Å². The highest BCUT2D eigenvalue weighted by atomic mass is 19.1. The number of hydrogen-bond donors (Lipinski definition) is 1. The summed E-state index contributed by atoms with van der Waals surface area (Å²) < 4.78 is 18.5. The van der Waals surface area contributed by atoms with E-state index in [4.69, 9.17) is 9.52 Å². The maximum Gasteiger partial charge on any atom is 0.136 e. The molecule has 1 aromatic carbocycles. The average molecular weight is 194 g/mol. The van der Waals surface area contributed by atoms with Gasteiger partial charge >= 0.3 is 0 Å². The lowest BCUT2D eigenvalue weighted by molar-refractivity contribution is 0.270. The lowest BCUT2D eigenvalue weighted by Crippen LogP contribution is -2.01. The van der Waals surface area contributed by atoms with Gasteiger partial charge in [0.1, 0.15) is 11.4 Å². The van der Waals surface area contributed by atoms with E-state index in [0.717, 1.165) is 5.39 Å². The van der Waals surface area contributed by atoms with E-state index in [1.54, 1.807) is 19.1 Å². The van der Waals surface area contributed by atoms with Crippen molar-refractivity contribution in [1.82, 2.24) is 0 Å². The maximum absolute atomic E-state index is 13.5. The molecule has 1 heterocycles. The van der Waals surface area contributed by atoms with Gasteiger partial charge in [0, 0.05) is 24.0 Å². The average Bonchev–Trinajstić information content (AvgIpc) is 2.62. The van der Waals surface area contributed by atoms with Gasteiger partial charge in [0.2, 0.25) is 0 Å². The molecule has 0 fully saturated rings. The second-order valence-corrected chi connectivity index (χ2v) is 3.42. The van der Waals surface area contributed by atoms with Crippen LogP contribution in [-0.2, 0) is 0 Å². The smallest absolute Gasteiger partial charge is 0.136 e. The SMILES string of the molecule is CC(CO)c1cc2ccoc2cc1F. The molecule has 1 atom stereocenters. The van der Waals surface area contributed by atoms with Gasteiger partial charge in [0.25, 0.3) is 0 Å². The minimum Gasteiger partial charge on any atom is -0.464 e. The van der Waals surface area contributed by atoms with Gasteiger partial charge in [-0.1, -0.05) is 6.92 Å². The standard InChI is InChI=1S/C11H11FO2/c1-7(6-13)9-4-8-2-3-14-11(8)5-10(9)12/h2-5,7,13H,6H2,1H3. The quantitative estimate of drug-likeness (QED) is 0.797. The van der Waals surface area contributed by atoms with E-state index < -0.39 is 0 Å². The number of furan rings is 1. The van der Waals surface area contributed by atoms with Crippen molar-refractivity contribution in [3.63, 3.8) is 0 Å². The van der Waals surface area contributed by atoms with Crippen LogP contribution in [0.1, 0.15) is 18.4 Å². The molecule has 74 valence electrons. The Balaban J connectivity index is 2.58. The molecule has 0 radical (unpaired) electrons. The molecule has 0 spiro atoms. The molecule has 1 unspecified atom stereocenters. The molecule has 1 N–H and O–H groups in total. The third-order valence-corrected chi connectivity index (χ3v) is 2.38. The molecule has 0 aliphatic heterocycles. The molecule has 2 nitrogen and oxygen atoms in total. The van der Waals surface area contributed by atoms with Gasteiger partial charge in [-0.15, -0.1) is 0 Å². The maximum atomic E-state index is 13.5. The van der Waals surface area contributed by atoms with Crippen molar-refractivity contribution in [3.05, 3.63) is 35.8 Å². The van der Waals surface area contributed by atoms with Crippen LogP contribution >= 0.6 is 0 Å². The summed E-state index contributed by atoms with van der Waals surface area (Å²) in [5, 5.41) is 9.81. The van der Waals surface area contributed by atoms with Crippen LogP contribution in [0.2, 0.25) is 0 Å². The van der Waals surface area contributed by atoms with Gasteiger partial charge in [0.15, 0.2) is 0 Å². The van der Waals surface area contributed by atoms with Crippen LogP contribution in [0.3, 0.4) is 0 Å². The summed E-state index contributed by atoms with van der Waals surface area (Å²) >= 11 is 0. The Morgan fingerprint density at radius 1 is 1.50 bits per heavy atom. The molecular weight excluding hydrogens is 183 g/mol. The first-order valence-electron chi connectivity index (χ1n) is 4.50. The van der Waals surface area contributed by atoms with Crippen molar-refractivity contribution in [1.29, 1.82) is 0 Å². The number of fused-ring (bicyclic) bond motifs is 1. The van der Waals surface area contributed by atoms with E-state index in [9.17, 15) is 4.39 Å². The number of aliphatic hydroxyl groups is 1. The lowest BCUT2D eigenvalue weighted by Gasteiger charge is -2.08. The number of aliphatic hydroxyl groups excluding tert-OH is 1. The Bertz CT molecular complexity index is 447. The van der Waals surface area contributed by atoms with Gasteiger partial charge in [0.05, 0.1) is 6.26 Å². The molecule has 0 aliphatic rings. The normalized spacial score (nSPS) is 13.4. The number of halogens is 1. The molecule has 0 saturated heterocycles. The van der Waals surface area contributed by atoms with E-state index in [1.165, 1.54) is 12.3 Å². The highest BCUT2D eigenvalue weighted by Gasteiger charge is 2.12. The summed E-state index contributed by atoms with van der Waals surface area (Å²) in [5.74, 6) is -0.511. The molecule has 0 saturated carbocycles. The molecule has 0 bridgehead atoms. The highest BCUT2D eigenvalue weighted by molar-refractivity contribution is 5.78. The zero-order valence-electron chi connectivity index (χ0n) is 7.83. The lowest BCUT2D eigenvalue weighted by atomic mass is 10.0. The molecule has 0 amide bonds. The largest absolute Gasteiger partial charge is 0.464 e. The van der Waals surface area contributed by atoms with Crippen LogP contribution in [0.25, 0.3) is 11.0 Å². The van der Waals surface area contributed by atoms with Crippen LogP contribution in [-0.4, -0.2) is 11.7 Å². The topological polar surface area (TPSA) is 33.4 Å². The molecule has 2 aromatic rings. The van der Waals surface area contributed by atoms with E-state index in [0.29, 0.717) is 11.1 Å². The predicted octanol–water partition coefficient (Wildman–Crippen LogP) is 2.67. The molecule has 0 aliphatic carbocycles. The Morgan fingerprint density at radius 3 is 3.00 bits per heavy atom. The minimum atomic E-state index is -0.325. The van der Waals surface area contributed by atoms with Crippen molar-refractivity contribution in [2.45, 2.75) is 12.8 Å². The summed E-state index contributed by atoms with van der Waals surface area (Å²) in [7, 11) is 0. The number of rotatable bonds is 2. The second kappa shape index (κ2) is 3.42. The number of benzene rings is 1. The van der Waals surface area contributed by atoms with Crippen molar-refractivity contribution < 1.29 is 13.9 Å². The van der Waals surface area contributed by atoms with Crippen molar-refractivity contribution >= 4 is 11.0 Å². The van der Waals surface area contributed by atoms with Gasteiger partial charge in [-0.3, -0.25) is 0 Å². The Kier molecular flexibility index (Phi) is 2.25. The minimum absolute atomic E-state index is 0.0553. The van der Waals surface area contributed by atoms with E-state index >= 15 is 0 Å². The highest BCUT2D eigenvalue weighted by Crippen LogP contribution is 2.25. The predicted molar refractivity (Wildman–Crippen MR) is 51.7 cm³/mol. The molecule has 14 heavy (non-hydrogen) atoms. The summed E-state index contributed by atoms with van der Waals surface area (Å²) in [6, 6.07) is 4.86. The zero-order valence-corrected chi connectivity index (χ0v) is 7.83. The first-order chi connectivity index (χ1) is 6.72. The monoisotopic (exact) mass is 194 g/mol. The van der Waals surface area contributed by atoms with Gasteiger partial charge in [-0.05, 0) is 17.7 Å². The fourth-order valence-corrected chi connectivity index (χ4v) is 1.48. The van der Waals surface area contributed by atoms with Crippen LogP contribution in [0.15, 0.2) is 28.9 Å². The Labute approximate surface area is 81.0 Å². The first-order valence-corrected chi connectivity index (χ1v) is 4.50. The third kappa shape index (κ3) is 1.40. The third-order valence-electron chi connectivity index (χ3n) is 2.38. The summed E-state index contributed by atoms with van der Waals surface area (Å²) in [6.45, 7) is 1.73. The molecular formula is C11H11FO2. The Morgan fingerprint density at radius 2 is 2.29 bits per heavy atom. The molecule has 3 heteroatoms. The zero-order chi connectivity index (χ0) is 10.1. The van der Waals surface area contributed by atoms with Crippen molar-refractivity contribution in [2.75, 3.05) is 6.61 Å². The van der Waals surface area contributed by atoms with Crippen molar-refractivity contribution in [3.8, 4) is 0 Å². The van der Waals surface area contributed by atoms with Crippen LogP contribution < -0.4 is 0 Å². The summed E-state index contributed by atoms with van der Waals surface area (Å²) in [6.07, 6.45) is 1.53. The van der Waals surface area contributed by atoms with E-state index in [2.05, 4.69) is 0 Å². The molecule has 2 rings (SSSR count). The van der Waals surface area contributed by atoms with Gasteiger partial charge in [-0.25, -0.2) is 4.39 Å². The van der Waals surface area contributed by atoms with Crippen LogP contribution in [0.5, 0.6) is 0 Å². The first kappa shape index (κ1) is 9.21. The fourth-order valence-electron chi connectivity index (χ4n) is 1.48. The van der Waals surface area contributed by atoms with Crippen molar-refractivity contribution in [2.24, 2.45) is 0 Å². The molecule has 1 aromatic heterocycles. The summed E-state index contributed by atoms with van der Waals surface area (Å²) in [4.78, 5) is 0. The van der Waals surface area contributed by atoms with E-state index in [1.807, 2.05) is 0 Å². The Hall–Kier alpha value is -1.35. The summed E-state index contributed by atoms with van der Waals surface area (Å²) in [5.41, 5.74) is 1.07. The van der Waals surface area contributed by atoms with Gasteiger partial charge in [-0.2, -0.15) is 0 Å². The van der Waals surface area contributed by atoms with E-state index in [-0.39, 0.29) is 18.3 Å². The van der Waals surface area contributed by atoms with Crippen LogP contribution in [0, 0.1) is 5.82 Å². The van der Waals surface area contributed by atoms with Gasteiger partial charge < -0.3 is 9.52 Å². The second-order valence-electron chi connectivity index (χ2n) is 3.42.